The van der Waals surface area contributed by atoms with Crippen molar-refractivity contribution >= 4 is 5.84 Å². The van der Waals surface area contributed by atoms with E-state index < -0.39 is 0 Å². The molecule has 0 radical (unpaired) electrons. The van der Waals surface area contributed by atoms with Crippen molar-refractivity contribution < 1.29 is 0 Å². The summed E-state index contributed by atoms with van der Waals surface area (Å²) in [5, 5.41) is 0. The van der Waals surface area contributed by atoms with Gasteiger partial charge in [0.25, 0.3) is 0 Å². The molecule has 0 atom stereocenters. The molecule has 0 aromatic carbocycles. The molecule has 2 N–H and O–H groups in total. The largest absolute Gasteiger partial charge is 0.388 e. The van der Waals surface area contributed by atoms with Crippen molar-refractivity contribution in [3.8, 4) is 0 Å². The Morgan fingerprint density at radius 2 is 1.88 bits per heavy atom. The van der Waals surface area contributed by atoms with Gasteiger partial charge in [-0.05, 0) is 13.8 Å². The smallest absolute Gasteiger partial charge is 0.0905 e. The Kier molecular flexibility index (Phi) is 12.7. The molecule has 0 saturated heterocycles. The maximum atomic E-state index is 5.15. The molecule has 0 aliphatic carbocycles. The minimum atomic E-state index is 0.664. The molecule has 2 nitrogen and oxygen atoms in total. The number of hydrogen-bond acceptors (Lipinski definition) is 1. The lowest BCUT2D eigenvalue weighted by Crippen LogP contribution is -2.04. The second kappa shape index (κ2) is 9.69. The van der Waals surface area contributed by atoms with E-state index in [2.05, 4.69) is 4.99 Å². The van der Waals surface area contributed by atoms with Crippen LogP contribution in [0.1, 0.15) is 27.7 Å². The van der Waals surface area contributed by atoms with Crippen LogP contribution in [0.2, 0.25) is 0 Å². The second-order valence-corrected chi connectivity index (χ2v) is 1.12. The SMILES string of the molecule is CC.CCN=C(C)N. The highest BCUT2D eigenvalue weighted by Gasteiger charge is 1.68. The van der Waals surface area contributed by atoms with Gasteiger partial charge in [0, 0.05) is 6.54 Å². The van der Waals surface area contributed by atoms with Crippen molar-refractivity contribution in [3.05, 3.63) is 0 Å². The van der Waals surface area contributed by atoms with Gasteiger partial charge in [-0.25, -0.2) is 0 Å². The fraction of sp³-hybridized carbons (Fsp3) is 0.833. The summed E-state index contributed by atoms with van der Waals surface area (Å²) in [6.45, 7) is 8.53. The molecule has 0 saturated carbocycles. The zero-order valence-corrected chi connectivity index (χ0v) is 6.23. The zero-order chi connectivity index (χ0) is 6.99. The number of nitrogens with zero attached hydrogens (tertiary/aromatic N) is 1. The third-order valence-corrected chi connectivity index (χ3v) is 0.408. The summed E-state index contributed by atoms with van der Waals surface area (Å²) >= 11 is 0. The summed E-state index contributed by atoms with van der Waals surface area (Å²) in [4.78, 5) is 3.82. The van der Waals surface area contributed by atoms with E-state index in [1.807, 2.05) is 20.8 Å². The van der Waals surface area contributed by atoms with Crippen molar-refractivity contribution in [2.24, 2.45) is 10.7 Å². The van der Waals surface area contributed by atoms with Gasteiger partial charge >= 0.3 is 0 Å². The van der Waals surface area contributed by atoms with E-state index in [9.17, 15) is 0 Å². The van der Waals surface area contributed by atoms with Crippen molar-refractivity contribution in [2.45, 2.75) is 27.7 Å². The maximum absolute atomic E-state index is 5.15. The highest BCUT2D eigenvalue weighted by molar-refractivity contribution is 5.77. The second-order valence-electron chi connectivity index (χ2n) is 1.12. The number of amidine groups is 1. The molecule has 0 heterocycles. The Balaban J connectivity index is 0. The average Bonchev–Trinajstić information content (AvgIpc) is 1.72. The van der Waals surface area contributed by atoms with Crippen molar-refractivity contribution in [1.82, 2.24) is 0 Å². The molecular formula is C6H16N2. The molecule has 0 fully saturated rings. The van der Waals surface area contributed by atoms with Crippen molar-refractivity contribution in [1.29, 1.82) is 0 Å². The first-order valence-corrected chi connectivity index (χ1v) is 3.04. The predicted molar refractivity (Wildman–Crippen MR) is 39.2 cm³/mol. The molecule has 8 heavy (non-hydrogen) atoms. The lowest BCUT2D eigenvalue weighted by Gasteiger charge is -1.81. The Bertz CT molecular complexity index is 53.5. The number of nitrogens with two attached hydrogens (primary N) is 1. The predicted octanol–water partition coefficient (Wildman–Crippen LogP) is 1.41. The molecular weight excluding hydrogens is 100 g/mol. The molecule has 0 aromatic heterocycles. The molecule has 0 spiro atoms. The average molecular weight is 116 g/mol. The maximum Gasteiger partial charge on any atom is 0.0905 e. The zero-order valence-electron chi connectivity index (χ0n) is 6.23. The van der Waals surface area contributed by atoms with E-state index in [-0.39, 0.29) is 0 Å². The standard InChI is InChI=1S/C4H10N2.C2H6/c1-3-6-4(2)5;1-2/h3H2,1-2H3,(H2,5,6);1-2H3. The number of rotatable bonds is 1. The molecule has 0 aromatic rings. The van der Waals surface area contributed by atoms with Gasteiger partial charge in [0.2, 0.25) is 0 Å². The third-order valence-electron chi connectivity index (χ3n) is 0.408. The normalized spacial score (nSPS) is 9.75. The van der Waals surface area contributed by atoms with E-state index in [4.69, 9.17) is 5.73 Å². The van der Waals surface area contributed by atoms with Crippen LogP contribution in [0.15, 0.2) is 4.99 Å². The fourth-order valence-electron chi connectivity index (χ4n) is 0.249. The lowest BCUT2D eigenvalue weighted by atomic mass is 10.7. The molecule has 0 aliphatic rings. The van der Waals surface area contributed by atoms with Crippen LogP contribution in [0.3, 0.4) is 0 Å². The molecule has 2 heteroatoms. The summed E-state index contributed by atoms with van der Waals surface area (Å²) in [6.07, 6.45) is 0. The monoisotopic (exact) mass is 116 g/mol. The van der Waals surface area contributed by atoms with Crippen LogP contribution in [0.25, 0.3) is 0 Å². The van der Waals surface area contributed by atoms with Crippen LogP contribution >= 0.6 is 0 Å². The number of aliphatic imine (C=N–C) groups is 1. The Hall–Kier alpha value is -0.530. The Labute approximate surface area is 51.8 Å². The fourth-order valence-corrected chi connectivity index (χ4v) is 0.249. The van der Waals surface area contributed by atoms with Crippen LogP contribution in [0, 0.1) is 0 Å². The Morgan fingerprint density at radius 1 is 1.50 bits per heavy atom. The van der Waals surface area contributed by atoms with Crippen LogP contribution in [0.5, 0.6) is 0 Å². The first-order valence-electron chi connectivity index (χ1n) is 3.04. The van der Waals surface area contributed by atoms with Crippen molar-refractivity contribution in [3.63, 3.8) is 0 Å². The molecule has 0 rings (SSSR count). The first kappa shape index (κ1) is 10.5. The highest BCUT2D eigenvalue weighted by atomic mass is 14.8. The Morgan fingerprint density at radius 3 is 1.88 bits per heavy atom. The van der Waals surface area contributed by atoms with Gasteiger partial charge in [0.15, 0.2) is 0 Å². The summed E-state index contributed by atoms with van der Waals surface area (Å²) in [6, 6.07) is 0. The molecule has 0 amide bonds. The molecule has 0 aliphatic heterocycles. The molecule has 0 unspecified atom stereocenters. The summed E-state index contributed by atoms with van der Waals surface area (Å²) in [5.41, 5.74) is 5.15. The quantitative estimate of drug-likeness (QED) is 0.408. The lowest BCUT2D eigenvalue weighted by molar-refractivity contribution is 1.12. The van der Waals surface area contributed by atoms with Gasteiger partial charge in [-0.2, -0.15) is 0 Å². The van der Waals surface area contributed by atoms with E-state index in [0.29, 0.717) is 5.84 Å². The summed E-state index contributed by atoms with van der Waals surface area (Å²) in [5.74, 6) is 0.664. The van der Waals surface area contributed by atoms with Gasteiger partial charge in [0.1, 0.15) is 0 Å². The van der Waals surface area contributed by atoms with Gasteiger partial charge in [-0.15, -0.1) is 0 Å². The first-order chi connectivity index (χ1) is 3.77. The third kappa shape index (κ3) is 17.9. The minimum Gasteiger partial charge on any atom is -0.388 e. The topological polar surface area (TPSA) is 38.4 Å². The number of hydrogen-bond donors (Lipinski definition) is 1. The van der Waals surface area contributed by atoms with Gasteiger partial charge in [0.05, 0.1) is 5.84 Å². The summed E-state index contributed by atoms with van der Waals surface area (Å²) in [7, 11) is 0. The minimum absolute atomic E-state index is 0.664. The highest BCUT2D eigenvalue weighted by Crippen LogP contribution is 1.63. The molecule has 0 bridgehead atoms. The van der Waals surface area contributed by atoms with Gasteiger partial charge < -0.3 is 5.73 Å². The molecule has 50 valence electrons. The van der Waals surface area contributed by atoms with E-state index in [0.717, 1.165) is 6.54 Å². The van der Waals surface area contributed by atoms with Crippen LogP contribution in [-0.2, 0) is 0 Å². The van der Waals surface area contributed by atoms with Gasteiger partial charge in [-0.1, -0.05) is 13.8 Å². The van der Waals surface area contributed by atoms with Gasteiger partial charge in [-0.3, -0.25) is 4.99 Å². The van der Waals surface area contributed by atoms with E-state index in [1.54, 1.807) is 6.92 Å². The van der Waals surface area contributed by atoms with Crippen LogP contribution in [0.4, 0.5) is 0 Å². The van der Waals surface area contributed by atoms with Crippen LogP contribution in [-0.4, -0.2) is 12.4 Å². The van der Waals surface area contributed by atoms with Crippen LogP contribution < -0.4 is 5.73 Å². The van der Waals surface area contributed by atoms with E-state index >= 15 is 0 Å². The van der Waals surface area contributed by atoms with E-state index in [1.165, 1.54) is 0 Å². The summed E-state index contributed by atoms with van der Waals surface area (Å²) < 4.78 is 0. The van der Waals surface area contributed by atoms with Crippen molar-refractivity contribution in [2.75, 3.05) is 6.54 Å².